The lowest BCUT2D eigenvalue weighted by Gasteiger charge is -2.15. The second-order valence-electron chi connectivity index (χ2n) is 5.07. The van der Waals surface area contributed by atoms with Crippen molar-refractivity contribution in [2.45, 2.75) is 13.3 Å². The van der Waals surface area contributed by atoms with E-state index in [1.807, 2.05) is 0 Å². The fourth-order valence-electron chi connectivity index (χ4n) is 2.01. The number of hydrogen-bond acceptors (Lipinski definition) is 9. The predicted molar refractivity (Wildman–Crippen MR) is 98.1 cm³/mol. The molecule has 0 radical (unpaired) electrons. The summed E-state index contributed by atoms with van der Waals surface area (Å²) in [5.41, 5.74) is 5.45. The molecule has 9 nitrogen and oxygen atoms in total. The Morgan fingerprint density at radius 2 is 2.12 bits per heavy atom. The highest BCUT2D eigenvalue weighted by Gasteiger charge is 2.18. The fourth-order valence-corrected chi connectivity index (χ4v) is 3.03. The van der Waals surface area contributed by atoms with Crippen LogP contribution in [0, 0.1) is 17.0 Å². The molecule has 0 aliphatic heterocycles. The highest BCUT2D eigenvalue weighted by Crippen LogP contribution is 2.25. The molecular weight excluding hydrogens is 380 g/mol. The molecule has 26 heavy (non-hydrogen) atoms. The van der Waals surface area contributed by atoms with E-state index in [0.717, 1.165) is 11.3 Å². The number of aliphatic hydroxyl groups excluding tert-OH is 1. The number of thiazole rings is 1. The quantitative estimate of drug-likeness (QED) is 0.210. The van der Waals surface area contributed by atoms with Gasteiger partial charge in [-0.25, -0.2) is 4.98 Å². The van der Waals surface area contributed by atoms with Crippen LogP contribution in [-0.2, 0) is 0 Å². The van der Waals surface area contributed by atoms with Gasteiger partial charge in [0.2, 0.25) is 0 Å². The first-order valence-corrected chi connectivity index (χ1v) is 8.33. The zero-order valence-electron chi connectivity index (χ0n) is 13.4. The van der Waals surface area contributed by atoms with Crippen molar-refractivity contribution in [3.63, 3.8) is 0 Å². The molecule has 0 aliphatic carbocycles. The lowest BCUT2D eigenvalue weighted by atomic mass is 10.2. The minimum absolute atomic E-state index is 0.0379. The maximum atomic E-state index is 12.2. The fraction of sp³-hybridized carbons (Fsp3) is 0.133. The van der Waals surface area contributed by atoms with Crippen LogP contribution in [-0.4, -0.2) is 25.8 Å². The van der Waals surface area contributed by atoms with Crippen molar-refractivity contribution in [3.05, 3.63) is 61.6 Å². The summed E-state index contributed by atoms with van der Waals surface area (Å²) in [5.74, 6) is -2.36. The van der Waals surface area contributed by atoms with Crippen molar-refractivity contribution in [1.82, 2.24) is 4.98 Å². The van der Waals surface area contributed by atoms with E-state index in [2.05, 4.69) is 10.3 Å². The summed E-state index contributed by atoms with van der Waals surface area (Å²) in [6.07, 6.45) is -0.640. The van der Waals surface area contributed by atoms with Gasteiger partial charge >= 0.3 is 0 Å². The maximum absolute atomic E-state index is 12.2. The Balaban J connectivity index is 2.20. The number of anilines is 1. The molecule has 0 saturated carbocycles. The standard InChI is InChI=1S/C15H14N4O5S2/c1-7-12(26-15(17-7)13(16)25)10(20)6-11(21)14(22)18-8-4-2-3-5-9(8)19(23)24/h2-5,18,21-22H,6H2,1H3,(H2,16,25)/p-1. The van der Waals surface area contributed by atoms with Crippen LogP contribution in [0.25, 0.3) is 0 Å². The molecule has 0 saturated heterocycles. The molecule has 136 valence electrons. The van der Waals surface area contributed by atoms with E-state index in [-0.39, 0.29) is 21.2 Å². The third-order valence-electron chi connectivity index (χ3n) is 3.20. The van der Waals surface area contributed by atoms with Crippen LogP contribution in [0.15, 0.2) is 35.9 Å². The Morgan fingerprint density at radius 1 is 1.46 bits per heavy atom. The Labute approximate surface area is 157 Å². The Hall–Kier alpha value is -3.05. The number of benzene rings is 1. The first kappa shape index (κ1) is 19.3. The van der Waals surface area contributed by atoms with E-state index >= 15 is 0 Å². The first-order valence-electron chi connectivity index (χ1n) is 7.10. The number of nitrogens with zero attached hydrogens (tertiary/aromatic N) is 2. The van der Waals surface area contributed by atoms with Gasteiger partial charge in [0.05, 0.1) is 15.5 Å². The van der Waals surface area contributed by atoms with Gasteiger partial charge < -0.3 is 21.3 Å². The smallest absolute Gasteiger partial charge is 0.292 e. The number of nitro groups is 1. The van der Waals surface area contributed by atoms with Crippen molar-refractivity contribution >= 4 is 45.7 Å². The van der Waals surface area contributed by atoms with E-state index in [1.54, 1.807) is 6.92 Å². The molecule has 2 rings (SSSR count). The summed E-state index contributed by atoms with van der Waals surface area (Å²) in [6, 6.07) is 5.47. The normalized spacial score (nSPS) is 11.6. The topological polar surface area (TPSA) is 154 Å². The number of nitrogens with two attached hydrogens (primary N) is 1. The Kier molecular flexibility index (Phi) is 5.85. The number of aromatic nitrogens is 1. The number of thiocarbonyl (C=S) groups is 1. The van der Waals surface area contributed by atoms with Crippen LogP contribution in [0.2, 0.25) is 0 Å². The minimum Gasteiger partial charge on any atom is -0.872 e. The zero-order chi connectivity index (χ0) is 19.4. The average Bonchev–Trinajstić information content (AvgIpc) is 2.97. The summed E-state index contributed by atoms with van der Waals surface area (Å²) in [7, 11) is 0. The maximum Gasteiger partial charge on any atom is 0.292 e. The average molecular weight is 393 g/mol. The van der Waals surface area contributed by atoms with Crippen LogP contribution in [0.3, 0.4) is 0 Å². The van der Waals surface area contributed by atoms with Crippen LogP contribution in [0.5, 0.6) is 0 Å². The van der Waals surface area contributed by atoms with Crippen molar-refractivity contribution in [2.75, 3.05) is 5.32 Å². The molecule has 4 N–H and O–H groups in total. The van der Waals surface area contributed by atoms with Crippen molar-refractivity contribution in [1.29, 1.82) is 0 Å². The third kappa shape index (κ3) is 4.32. The van der Waals surface area contributed by atoms with Crippen LogP contribution in [0.1, 0.15) is 26.8 Å². The van der Waals surface area contributed by atoms with Crippen molar-refractivity contribution in [3.8, 4) is 0 Å². The monoisotopic (exact) mass is 393 g/mol. The highest BCUT2D eigenvalue weighted by atomic mass is 32.1. The third-order valence-corrected chi connectivity index (χ3v) is 4.75. The summed E-state index contributed by atoms with van der Waals surface area (Å²) in [5, 5.41) is 35.4. The number of nitrogens with one attached hydrogen (secondary N) is 1. The lowest BCUT2D eigenvalue weighted by molar-refractivity contribution is -0.384. The number of carbonyl (C=O) groups is 1. The van der Waals surface area contributed by atoms with E-state index in [9.17, 15) is 25.1 Å². The summed E-state index contributed by atoms with van der Waals surface area (Å²) in [4.78, 5) is 26.8. The molecule has 0 spiro atoms. The Morgan fingerprint density at radius 3 is 2.69 bits per heavy atom. The largest absolute Gasteiger partial charge is 0.872 e. The minimum atomic E-state index is -0.919. The SMILES string of the molecule is Cc1nc(C(N)=S)sc1C(=O)CC([O-])=C(O)Nc1ccccc1[N+](=O)[O-]. The Bertz CT molecular complexity index is 923. The number of ketones is 1. The van der Waals surface area contributed by atoms with Gasteiger partial charge in [0.25, 0.3) is 5.69 Å². The van der Waals surface area contributed by atoms with Gasteiger partial charge in [-0.05, 0) is 13.0 Å². The summed E-state index contributed by atoms with van der Waals surface area (Å²) >= 11 is 5.76. The van der Waals surface area contributed by atoms with Gasteiger partial charge in [0.1, 0.15) is 10.7 Å². The van der Waals surface area contributed by atoms with Crippen LogP contribution >= 0.6 is 23.6 Å². The number of aliphatic hydroxyl groups is 1. The highest BCUT2D eigenvalue weighted by molar-refractivity contribution is 7.81. The van der Waals surface area contributed by atoms with E-state index in [0.29, 0.717) is 10.7 Å². The number of allylic oxidation sites excluding steroid dienone is 1. The van der Waals surface area contributed by atoms with Gasteiger partial charge in [0.15, 0.2) is 16.7 Å². The lowest BCUT2D eigenvalue weighted by Crippen LogP contribution is -2.17. The molecule has 0 amide bonds. The second kappa shape index (κ2) is 7.89. The van der Waals surface area contributed by atoms with Crippen LogP contribution < -0.4 is 16.2 Å². The van der Waals surface area contributed by atoms with Gasteiger partial charge in [-0.15, -0.1) is 11.3 Å². The molecule has 1 aromatic heterocycles. The van der Waals surface area contributed by atoms with Crippen LogP contribution in [0.4, 0.5) is 11.4 Å². The van der Waals surface area contributed by atoms with E-state index < -0.39 is 28.8 Å². The summed E-state index contributed by atoms with van der Waals surface area (Å²) < 4.78 is 0. The van der Waals surface area contributed by atoms with Crippen molar-refractivity contribution < 1.29 is 19.9 Å². The van der Waals surface area contributed by atoms with Gasteiger partial charge in [0, 0.05) is 12.5 Å². The second-order valence-corrected chi connectivity index (χ2v) is 6.51. The predicted octanol–water partition coefficient (Wildman–Crippen LogP) is 1.77. The van der Waals surface area contributed by atoms with E-state index in [4.69, 9.17) is 18.0 Å². The molecule has 11 heteroatoms. The van der Waals surface area contributed by atoms with Gasteiger partial charge in [-0.3, -0.25) is 14.9 Å². The first-order chi connectivity index (χ1) is 12.2. The number of para-hydroxylation sites is 2. The molecule has 0 atom stereocenters. The zero-order valence-corrected chi connectivity index (χ0v) is 15.0. The van der Waals surface area contributed by atoms with E-state index in [1.165, 1.54) is 24.3 Å². The molecule has 2 aromatic rings. The molecule has 0 fully saturated rings. The number of hydrogen-bond donors (Lipinski definition) is 3. The van der Waals surface area contributed by atoms with Gasteiger partial charge in [-0.1, -0.05) is 30.1 Å². The molecule has 0 unspecified atom stereocenters. The molecule has 1 aromatic carbocycles. The number of aryl methyl sites for hydroxylation is 1. The number of carbonyl (C=O) groups excluding carboxylic acids is 1. The number of nitro benzene ring substituents is 1. The van der Waals surface area contributed by atoms with Gasteiger partial charge in [-0.2, -0.15) is 0 Å². The number of Topliss-reactive ketones (excluding diaryl/α,β-unsaturated/α-hetero) is 1. The summed E-state index contributed by atoms with van der Waals surface area (Å²) in [6.45, 7) is 1.57. The van der Waals surface area contributed by atoms with Crippen molar-refractivity contribution in [2.24, 2.45) is 5.73 Å². The molecule has 0 bridgehead atoms. The number of rotatable bonds is 7. The molecular formula is C15H13N4O5S2-. The molecule has 0 aliphatic rings. The molecule has 1 heterocycles.